The Balaban J connectivity index is 2.15. The fraction of sp³-hybridized carbons (Fsp3) is 0.261. The van der Waals surface area contributed by atoms with Crippen LogP contribution >= 0.6 is 0 Å². The second-order valence-electron chi connectivity index (χ2n) is 6.09. The molecular formula is C23H24N2O6. The molecule has 2 aromatic rings. The lowest BCUT2D eigenvalue weighted by molar-refractivity contribution is -0.145. The molecule has 162 valence electrons. The van der Waals surface area contributed by atoms with E-state index in [2.05, 4.69) is 5.32 Å². The van der Waals surface area contributed by atoms with Crippen LogP contribution in [-0.4, -0.2) is 38.8 Å². The Bertz CT molecular complexity index is 994. The highest BCUT2D eigenvalue weighted by Crippen LogP contribution is 2.29. The third-order valence-electron chi connectivity index (χ3n) is 3.92. The first-order valence-electron chi connectivity index (χ1n) is 9.63. The number of nitrogens with one attached hydrogen (secondary N) is 1. The SMILES string of the molecule is CCOC(=O)COc1ccc(/C=C(/C#N)C(=O)Nc2cccc(OCC)c2)cc1OC. The highest BCUT2D eigenvalue weighted by Gasteiger charge is 2.12. The first kappa shape index (κ1) is 23.3. The molecule has 0 aliphatic rings. The summed E-state index contributed by atoms with van der Waals surface area (Å²) in [6, 6.07) is 13.6. The molecule has 1 amide bonds. The van der Waals surface area contributed by atoms with E-state index in [0.29, 0.717) is 35.1 Å². The maximum absolute atomic E-state index is 12.5. The largest absolute Gasteiger partial charge is 0.494 e. The number of carbonyl (C=O) groups is 2. The second kappa shape index (κ2) is 11.9. The van der Waals surface area contributed by atoms with Crippen LogP contribution in [0.3, 0.4) is 0 Å². The molecule has 1 N–H and O–H groups in total. The molecule has 0 unspecified atom stereocenters. The minimum absolute atomic E-state index is 0.0935. The van der Waals surface area contributed by atoms with E-state index in [1.54, 1.807) is 49.4 Å². The van der Waals surface area contributed by atoms with Crippen molar-refractivity contribution < 1.29 is 28.5 Å². The number of rotatable bonds is 10. The van der Waals surface area contributed by atoms with Crippen LogP contribution in [0.5, 0.6) is 17.2 Å². The van der Waals surface area contributed by atoms with Gasteiger partial charge in [0, 0.05) is 11.8 Å². The molecule has 0 radical (unpaired) electrons. The predicted molar refractivity (Wildman–Crippen MR) is 115 cm³/mol. The van der Waals surface area contributed by atoms with Crippen molar-refractivity contribution in [3.8, 4) is 23.3 Å². The van der Waals surface area contributed by atoms with E-state index >= 15 is 0 Å². The van der Waals surface area contributed by atoms with Gasteiger partial charge >= 0.3 is 5.97 Å². The number of ether oxygens (including phenoxy) is 4. The maximum atomic E-state index is 12.5. The molecule has 0 spiro atoms. The Morgan fingerprint density at radius 1 is 1.06 bits per heavy atom. The number of anilines is 1. The van der Waals surface area contributed by atoms with Crippen molar-refractivity contribution in [2.75, 3.05) is 32.2 Å². The van der Waals surface area contributed by atoms with Gasteiger partial charge in [0.1, 0.15) is 17.4 Å². The van der Waals surface area contributed by atoms with Crippen molar-refractivity contribution in [1.82, 2.24) is 0 Å². The smallest absolute Gasteiger partial charge is 0.344 e. The van der Waals surface area contributed by atoms with Crippen LogP contribution in [0.25, 0.3) is 6.08 Å². The van der Waals surface area contributed by atoms with Gasteiger partial charge in [0.25, 0.3) is 5.91 Å². The van der Waals surface area contributed by atoms with Gasteiger partial charge in [0.15, 0.2) is 18.1 Å². The van der Waals surface area contributed by atoms with Crippen LogP contribution in [0.4, 0.5) is 5.69 Å². The summed E-state index contributed by atoms with van der Waals surface area (Å²) in [7, 11) is 1.45. The quantitative estimate of drug-likeness (QED) is 0.353. The van der Waals surface area contributed by atoms with Crippen molar-refractivity contribution in [2.45, 2.75) is 13.8 Å². The number of esters is 1. The van der Waals surface area contributed by atoms with Crippen LogP contribution in [0, 0.1) is 11.3 Å². The molecule has 8 heteroatoms. The summed E-state index contributed by atoms with van der Waals surface area (Å²) >= 11 is 0. The zero-order valence-electron chi connectivity index (χ0n) is 17.6. The summed E-state index contributed by atoms with van der Waals surface area (Å²) in [5.41, 5.74) is 0.969. The molecule has 31 heavy (non-hydrogen) atoms. The molecule has 2 aromatic carbocycles. The molecule has 0 atom stereocenters. The number of benzene rings is 2. The van der Waals surface area contributed by atoms with Crippen molar-refractivity contribution in [3.05, 3.63) is 53.6 Å². The lowest BCUT2D eigenvalue weighted by Gasteiger charge is -2.11. The van der Waals surface area contributed by atoms with E-state index in [1.807, 2.05) is 13.0 Å². The molecule has 0 aliphatic heterocycles. The van der Waals surface area contributed by atoms with Gasteiger partial charge in [-0.1, -0.05) is 12.1 Å². The summed E-state index contributed by atoms with van der Waals surface area (Å²) in [5, 5.41) is 12.1. The number of amides is 1. The lowest BCUT2D eigenvalue weighted by atomic mass is 10.1. The van der Waals surface area contributed by atoms with Gasteiger partial charge in [-0.25, -0.2) is 4.79 Å². The first-order chi connectivity index (χ1) is 15.0. The number of hydrogen-bond donors (Lipinski definition) is 1. The van der Waals surface area contributed by atoms with E-state index in [0.717, 1.165) is 0 Å². The molecular weight excluding hydrogens is 400 g/mol. The fourth-order valence-corrected chi connectivity index (χ4v) is 2.58. The van der Waals surface area contributed by atoms with Gasteiger partial charge in [-0.05, 0) is 49.8 Å². The fourth-order valence-electron chi connectivity index (χ4n) is 2.58. The highest BCUT2D eigenvalue weighted by molar-refractivity contribution is 6.09. The molecule has 0 fully saturated rings. The van der Waals surface area contributed by atoms with Gasteiger partial charge in [-0.15, -0.1) is 0 Å². The molecule has 0 saturated carbocycles. The standard InChI is InChI=1S/C23H24N2O6/c1-4-29-19-8-6-7-18(13-19)25-23(27)17(14-24)11-16-9-10-20(21(12-16)28-3)31-15-22(26)30-5-2/h6-13H,4-5,15H2,1-3H3,(H,25,27)/b17-11-. The Labute approximate surface area is 181 Å². The van der Waals surface area contributed by atoms with Crippen LogP contribution in [0.1, 0.15) is 19.4 Å². The van der Waals surface area contributed by atoms with Gasteiger partial charge in [-0.2, -0.15) is 5.26 Å². The number of nitrogens with zero attached hydrogens (tertiary/aromatic N) is 1. The van der Waals surface area contributed by atoms with E-state index in [4.69, 9.17) is 18.9 Å². The Morgan fingerprint density at radius 2 is 1.87 bits per heavy atom. The first-order valence-corrected chi connectivity index (χ1v) is 9.63. The molecule has 8 nitrogen and oxygen atoms in total. The van der Waals surface area contributed by atoms with E-state index in [9.17, 15) is 14.9 Å². The zero-order chi connectivity index (χ0) is 22.6. The van der Waals surface area contributed by atoms with Crippen molar-refractivity contribution in [2.24, 2.45) is 0 Å². The van der Waals surface area contributed by atoms with E-state index in [1.165, 1.54) is 13.2 Å². The van der Waals surface area contributed by atoms with Gasteiger partial charge in [-0.3, -0.25) is 4.79 Å². The van der Waals surface area contributed by atoms with Crippen LogP contribution < -0.4 is 19.5 Å². The highest BCUT2D eigenvalue weighted by atomic mass is 16.6. The maximum Gasteiger partial charge on any atom is 0.344 e. The summed E-state index contributed by atoms with van der Waals surface area (Å²) in [6.45, 7) is 4.08. The average Bonchev–Trinajstić information content (AvgIpc) is 2.77. The third-order valence-corrected chi connectivity index (χ3v) is 3.92. The van der Waals surface area contributed by atoms with Crippen molar-refractivity contribution in [1.29, 1.82) is 5.26 Å². The Kier molecular flexibility index (Phi) is 8.92. The molecule has 0 aromatic heterocycles. The zero-order valence-corrected chi connectivity index (χ0v) is 17.6. The number of nitriles is 1. The van der Waals surface area contributed by atoms with E-state index in [-0.39, 0.29) is 18.8 Å². The monoisotopic (exact) mass is 424 g/mol. The molecule has 2 rings (SSSR count). The van der Waals surface area contributed by atoms with E-state index < -0.39 is 11.9 Å². The van der Waals surface area contributed by atoms with Gasteiger partial charge < -0.3 is 24.3 Å². The number of carbonyl (C=O) groups excluding carboxylic acids is 2. The molecule has 0 bridgehead atoms. The van der Waals surface area contributed by atoms with Crippen molar-refractivity contribution >= 4 is 23.6 Å². The predicted octanol–water partition coefficient (Wildman–Crippen LogP) is 3.58. The topological polar surface area (TPSA) is 107 Å². The third kappa shape index (κ3) is 7.08. The molecule has 0 heterocycles. The van der Waals surface area contributed by atoms with Crippen LogP contribution in [0.2, 0.25) is 0 Å². The van der Waals surface area contributed by atoms with Crippen molar-refractivity contribution in [3.63, 3.8) is 0 Å². The van der Waals surface area contributed by atoms with Gasteiger partial charge in [0.2, 0.25) is 0 Å². The minimum atomic E-state index is -0.558. The number of hydrogen-bond acceptors (Lipinski definition) is 7. The summed E-state index contributed by atoms with van der Waals surface area (Å²) < 4.78 is 20.9. The van der Waals surface area contributed by atoms with Gasteiger partial charge in [0.05, 0.1) is 20.3 Å². The van der Waals surface area contributed by atoms with Crippen LogP contribution in [0.15, 0.2) is 48.0 Å². The number of methoxy groups -OCH3 is 1. The normalized spacial score (nSPS) is 10.6. The summed E-state index contributed by atoms with van der Waals surface area (Å²) in [4.78, 5) is 24.0. The molecule has 0 saturated heterocycles. The second-order valence-corrected chi connectivity index (χ2v) is 6.09. The summed E-state index contributed by atoms with van der Waals surface area (Å²) in [5.74, 6) is 0.248. The Hall–Kier alpha value is -3.99. The molecule has 0 aliphatic carbocycles. The Morgan fingerprint density at radius 3 is 2.55 bits per heavy atom. The minimum Gasteiger partial charge on any atom is -0.494 e. The lowest BCUT2D eigenvalue weighted by Crippen LogP contribution is -2.15. The van der Waals surface area contributed by atoms with Crippen LogP contribution in [-0.2, 0) is 14.3 Å². The summed E-state index contributed by atoms with van der Waals surface area (Å²) in [6.07, 6.45) is 1.43. The average molecular weight is 424 g/mol.